The molecule has 0 bridgehead atoms. The van der Waals surface area contributed by atoms with Crippen LogP contribution in [-0.4, -0.2) is 96.7 Å². The maximum Gasteiger partial charge on any atom is 0.472 e. The Morgan fingerprint density at radius 2 is 0.462 bits per heavy atom. The molecule has 7 atom stereocenters. The SMILES string of the molecule is CCCCCCCCCCCCCCCCCCC(=O)O[C@H](COC(=O)CCCCCCCCCCCCCC)COP(=O)(O)OC[C@H](O)COP(=O)(O)OC[C@@H](COC(=O)CCCCCCCCCCCCCCCCC(C)CC)OC(=O)CCCCCCCCCCCCCCCCC(C)CC. The fraction of sp³-hybridized carbons (Fsp3) is 0.953. The average Bonchev–Trinajstić information content (AvgIpc) is 0.952. The Hall–Kier alpha value is -1.94. The van der Waals surface area contributed by atoms with Crippen LogP contribution in [0.1, 0.15) is 452 Å². The molecule has 3 N–H and O–H groups in total. The fourth-order valence-corrected chi connectivity index (χ4v) is 14.8. The lowest BCUT2D eigenvalue weighted by Gasteiger charge is -2.21. The highest BCUT2D eigenvalue weighted by molar-refractivity contribution is 7.47. The lowest BCUT2D eigenvalue weighted by atomic mass is 9.99. The standard InChI is InChI=1S/C85H166O17P2/c1-7-11-13-15-17-19-21-23-24-25-33-39-45-51-57-63-69-84(89)101-80(73-95-82(87)67-61-55-49-43-37-22-20-18-16-14-12-8-2)75-99-103(91,92)97-71-79(86)72-98-104(93,94)100-76-81(102-85(90)70-64-58-52-46-40-34-29-27-31-36-42-48-54-60-66-78(6)10-4)74-96-83(88)68-62-56-50-44-38-32-28-26-30-35-41-47-53-59-65-77(5)9-3/h77-81,86H,7-76H2,1-6H3,(H,91,92)(H,93,94)/t77?,78?,79-,80+,81+/m0/s1. The van der Waals surface area contributed by atoms with E-state index in [1.165, 1.54) is 270 Å². The smallest absolute Gasteiger partial charge is 0.462 e. The summed E-state index contributed by atoms with van der Waals surface area (Å²) in [4.78, 5) is 73.2. The summed E-state index contributed by atoms with van der Waals surface area (Å²) >= 11 is 0. The van der Waals surface area contributed by atoms with Crippen molar-refractivity contribution < 1.29 is 80.2 Å². The van der Waals surface area contributed by atoms with E-state index in [9.17, 15) is 43.2 Å². The van der Waals surface area contributed by atoms with E-state index in [1.807, 2.05) is 0 Å². The van der Waals surface area contributed by atoms with Gasteiger partial charge >= 0.3 is 39.5 Å². The van der Waals surface area contributed by atoms with Gasteiger partial charge < -0.3 is 33.8 Å². The summed E-state index contributed by atoms with van der Waals surface area (Å²) in [6.45, 7) is 9.78. The van der Waals surface area contributed by atoms with E-state index < -0.39 is 97.5 Å². The zero-order valence-electron chi connectivity index (χ0n) is 68.3. The van der Waals surface area contributed by atoms with Gasteiger partial charge in [-0.25, -0.2) is 9.13 Å². The van der Waals surface area contributed by atoms with E-state index in [4.69, 9.17) is 37.0 Å². The number of ether oxygens (including phenoxy) is 4. The highest BCUT2D eigenvalue weighted by atomic mass is 31.2. The van der Waals surface area contributed by atoms with Gasteiger partial charge in [-0.15, -0.1) is 0 Å². The largest absolute Gasteiger partial charge is 0.472 e. The molecule has 4 unspecified atom stereocenters. The van der Waals surface area contributed by atoms with Crippen LogP contribution in [0.2, 0.25) is 0 Å². The summed E-state index contributed by atoms with van der Waals surface area (Å²) in [5.41, 5.74) is 0. The molecule has 0 fully saturated rings. The maximum absolute atomic E-state index is 13.1. The summed E-state index contributed by atoms with van der Waals surface area (Å²) < 4.78 is 68.9. The quantitative estimate of drug-likeness (QED) is 0.0222. The third-order valence-electron chi connectivity index (χ3n) is 20.7. The van der Waals surface area contributed by atoms with Crippen molar-refractivity contribution in [3.8, 4) is 0 Å². The van der Waals surface area contributed by atoms with E-state index in [1.54, 1.807) is 0 Å². The molecule has 0 amide bonds. The van der Waals surface area contributed by atoms with Gasteiger partial charge in [0.2, 0.25) is 0 Å². The van der Waals surface area contributed by atoms with Crippen molar-refractivity contribution in [2.75, 3.05) is 39.6 Å². The fourth-order valence-electron chi connectivity index (χ4n) is 13.2. The monoisotopic (exact) mass is 1520 g/mol. The Labute approximate surface area is 638 Å². The summed E-state index contributed by atoms with van der Waals surface area (Å²) in [5, 5.41) is 10.7. The summed E-state index contributed by atoms with van der Waals surface area (Å²) in [6, 6.07) is 0. The Balaban J connectivity index is 5.27. The van der Waals surface area contributed by atoms with Gasteiger partial charge in [-0.1, -0.05) is 401 Å². The molecular formula is C85H166O17P2. The Morgan fingerprint density at radius 3 is 0.683 bits per heavy atom. The van der Waals surface area contributed by atoms with Crippen LogP contribution >= 0.6 is 15.6 Å². The van der Waals surface area contributed by atoms with Crippen LogP contribution in [0.15, 0.2) is 0 Å². The van der Waals surface area contributed by atoms with Crippen LogP contribution in [0.5, 0.6) is 0 Å². The topological polar surface area (TPSA) is 237 Å². The van der Waals surface area contributed by atoms with Crippen molar-refractivity contribution in [3.05, 3.63) is 0 Å². The molecule has 0 aliphatic carbocycles. The number of unbranched alkanes of at least 4 members (excludes halogenated alkanes) is 52. The molecular weight excluding hydrogens is 1350 g/mol. The molecule has 19 heteroatoms. The Bertz CT molecular complexity index is 2000. The number of aliphatic hydroxyl groups is 1. The number of rotatable bonds is 84. The molecule has 17 nitrogen and oxygen atoms in total. The van der Waals surface area contributed by atoms with Gasteiger partial charge in [0, 0.05) is 25.7 Å². The van der Waals surface area contributed by atoms with Crippen LogP contribution in [0, 0.1) is 11.8 Å². The first-order chi connectivity index (χ1) is 50.4. The lowest BCUT2D eigenvalue weighted by Crippen LogP contribution is -2.30. The van der Waals surface area contributed by atoms with E-state index in [0.717, 1.165) is 102 Å². The van der Waals surface area contributed by atoms with Crippen LogP contribution < -0.4 is 0 Å². The predicted molar refractivity (Wildman–Crippen MR) is 428 cm³/mol. The second-order valence-electron chi connectivity index (χ2n) is 31.1. The van der Waals surface area contributed by atoms with Crippen LogP contribution in [0.4, 0.5) is 0 Å². The van der Waals surface area contributed by atoms with Crippen LogP contribution in [0.3, 0.4) is 0 Å². The highest BCUT2D eigenvalue weighted by Gasteiger charge is 2.30. The van der Waals surface area contributed by atoms with Gasteiger partial charge in [0.05, 0.1) is 26.4 Å². The summed E-state index contributed by atoms with van der Waals surface area (Å²) in [7, 11) is -9.93. The van der Waals surface area contributed by atoms with E-state index in [2.05, 4.69) is 41.5 Å². The maximum atomic E-state index is 13.1. The van der Waals surface area contributed by atoms with Crippen molar-refractivity contribution >= 4 is 39.5 Å². The van der Waals surface area contributed by atoms with Crippen molar-refractivity contribution in [2.24, 2.45) is 11.8 Å². The van der Waals surface area contributed by atoms with Gasteiger partial charge in [0.15, 0.2) is 12.2 Å². The minimum Gasteiger partial charge on any atom is -0.462 e. The Morgan fingerprint density at radius 1 is 0.269 bits per heavy atom. The third-order valence-corrected chi connectivity index (χ3v) is 22.6. The van der Waals surface area contributed by atoms with E-state index in [0.29, 0.717) is 25.7 Å². The first-order valence-electron chi connectivity index (χ1n) is 44.1. The van der Waals surface area contributed by atoms with Gasteiger partial charge in [-0.05, 0) is 37.5 Å². The minimum atomic E-state index is -4.97. The second kappa shape index (κ2) is 76.4. The van der Waals surface area contributed by atoms with Gasteiger partial charge in [-0.3, -0.25) is 37.3 Å². The van der Waals surface area contributed by atoms with E-state index in [-0.39, 0.29) is 25.7 Å². The molecule has 0 spiro atoms. The van der Waals surface area contributed by atoms with Crippen LogP contribution in [-0.2, 0) is 65.4 Å². The normalized spacial score (nSPS) is 14.4. The molecule has 0 rings (SSSR count). The molecule has 0 heterocycles. The average molecular weight is 1520 g/mol. The molecule has 0 aliphatic heterocycles. The Kier molecular flexibility index (Phi) is 75.0. The zero-order chi connectivity index (χ0) is 76.4. The summed E-state index contributed by atoms with van der Waals surface area (Å²) in [6.07, 6.45) is 67.7. The van der Waals surface area contributed by atoms with Crippen molar-refractivity contribution in [3.63, 3.8) is 0 Å². The molecule has 0 saturated heterocycles. The predicted octanol–water partition coefficient (Wildman–Crippen LogP) is 25.8. The number of hydrogen-bond acceptors (Lipinski definition) is 15. The number of phosphoric ester groups is 2. The first kappa shape index (κ1) is 102. The van der Waals surface area contributed by atoms with Gasteiger partial charge in [0.1, 0.15) is 19.3 Å². The number of carbonyl (C=O) groups is 4. The minimum absolute atomic E-state index is 0.108. The number of carbonyl (C=O) groups excluding carboxylic acids is 4. The van der Waals surface area contributed by atoms with Crippen molar-refractivity contribution in [1.29, 1.82) is 0 Å². The molecule has 0 radical (unpaired) electrons. The molecule has 0 aromatic heterocycles. The van der Waals surface area contributed by atoms with Crippen LogP contribution in [0.25, 0.3) is 0 Å². The number of aliphatic hydroxyl groups excluding tert-OH is 1. The van der Waals surface area contributed by atoms with Crippen molar-refractivity contribution in [1.82, 2.24) is 0 Å². The zero-order valence-corrected chi connectivity index (χ0v) is 70.1. The highest BCUT2D eigenvalue weighted by Crippen LogP contribution is 2.45. The van der Waals surface area contributed by atoms with E-state index >= 15 is 0 Å². The van der Waals surface area contributed by atoms with Gasteiger partial charge in [-0.2, -0.15) is 0 Å². The number of hydrogen-bond donors (Lipinski definition) is 3. The molecule has 618 valence electrons. The number of phosphoric acid groups is 2. The molecule has 0 saturated carbocycles. The van der Waals surface area contributed by atoms with Crippen molar-refractivity contribution in [2.45, 2.75) is 471 Å². The molecule has 104 heavy (non-hydrogen) atoms. The number of esters is 4. The first-order valence-corrected chi connectivity index (χ1v) is 47.1. The molecule has 0 aromatic carbocycles. The van der Waals surface area contributed by atoms with Gasteiger partial charge in [0.25, 0.3) is 0 Å². The second-order valence-corrected chi connectivity index (χ2v) is 34.0. The molecule has 0 aliphatic rings. The third kappa shape index (κ3) is 75.5. The molecule has 0 aromatic rings. The summed E-state index contributed by atoms with van der Waals surface area (Å²) in [5.74, 6) is -0.404. The lowest BCUT2D eigenvalue weighted by molar-refractivity contribution is -0.161.